The van der Waals surface area contributed by atoms with Crippen molar-refractivity contribution in [1.82, 2.24) is 14.8 Å². The van der Waals surface area contributed by atoms with Crippen LogP contribution in [0.15, 0.2) is 5.16 Å². The van der Waals surface area contributed by atoms with E-state index in [1.165, 1.54) is 4.57 Å². The van der Waals surface area contributed by atoms with Gasteiger partial charge < -0.3 is 10.3 Å². The molecular formula is C8H13F3N4S. The van der Waals surface area contributed by atoms with Crippen LogP contribution >= 0.6 is 11.8 Å². The van der Waals surface area contributed by atoms with Crippen molar-refractivity contribution in [3.8, 4) is 0 Å². The fourth-order valence-corrected chi connectivity index (χ4v) is 2.08. The highest BCUT2D eigenvalue weighted by Gasteiger charge is 2.40. The zero-order valence-corrected chi connectivity index (χ0v) is 9.77. The average Bonchev–Trinajstić information content (AvgIpc) is 2.47. The summed E-state index contributed by atoms with van der Waals surface area (Å²) in [5.74, 6) is 0.580. The minimum Gasteiger partial charge on any atom is -0.330 e. The number of hydrogen-bond donors (Lipinski definition) is 1. The highest BCUT2D eigenvalue weighted by Crippen LogP contribution is 2.36. The van der Waals surface area contributed by atoms with Crippen LogP contribution in [0.2, 0.25) is 0 Å². The predicted octanol–water partition coefficient (Wildman–Crippen LogP) is 1.50. The van der Waals surface area contributed by atoms with E-state index in [9.17, 15) is 13.2 Å². The summed E-state index contributed by atoms with van der Waals surface area (Å²) in [7, 11) is 1.63. The van der Waals surface area contributed by atoms with Gasteiger partial charge in [-0.25, -0.2) is 0 Å². The van der Waals surface area contributed by atoms with Crippen molar-refractivity contribution in [2.24, 2.45) is 12.8 Å². The van der Waals surface area contributed by atoms with E-state index in [1.807, 2.05) is 0 Å². The molecule has 1 atom stereocenters. The molecular weight excluding hydrogens is 241 g/mol. The lowest BCUT2D eigenvalue weighted by Gasteiger charge is -2.18. The van der Waals surface area contributed by atoms with Gasteiger partial charge in [0, 0.05) is 7.05 Å². The molecule has 0 bridgehead atoms. The fourth-order valence-electron chi connectivity index (χ4n) is 1.06. The van der Waals surface area contributed by atoms with E-state index in [4.69, 9.17) is 5.73 Å². The van der Waals surface area contributed by atoms with Gasteiger partial charge in [0.05, 0.1) is 0 Å². The molecule has 0 amide bonds. The van der Waals surface area contributed by atoms with Crippen molar-refractivity contribution in [2.75, 3.05) is 6.54 Å². The molecule has 1 aromatic heterocycles. The van der Waals surface area contributed by atoms with Crippen LogP contribution in [0.4, 0.5) is 13.2 Å². The quantitative estimate of drug-likeness (QED) is 0.827. The lowest BCUT2D eigenvalue weighted by Crippen LogP contribution is -2.28. The Kier molecular flexibility index (Phi) is 4.20. The zero-order chi connectivity index (χ0) is 12.3. The van der Waals surface area contributed by atoms with Gasteiger partial charge in [-0.2, -0.15) is 13.2 Å². The molecule has 0 aliphatic heterocycles. The SMILES string of the molecule is Cc1nnc(SC(CCN)C(F)(F)F)n1C. The Morgan fingerprint density at radius 2 is 2.06 bits per heavy atom. The molecule has 0 spiro atoms. The van der Waals surface area contributed by atoms with Crippen LogP contribution in [0.3, 0.4) is 0 Å². The molecule has 2 N–H and O–H groups in total. The van der Waals surface area contributed by atoms with Crippen LogP contribution < -0.4 is 5.73 Å². The molecule has 92 valence electrons. The Morgan fingerprint density at radius 3 is 2.44 bits per heavy atom. The molecule has 1 unspecified atom stereocenters. The van der Waals surface area contributed by atoms with Crippen molar-refractivity contribution >= 4 is 11.8 Å². The first-order valence-corrected chi connectivity index (χ1v) is 5.53. The molecule has 0 aliphatic rings. The molecule has 1 heterocycles. The number of nitrogens with two attached hydrogens (primary N) is 1. The van der Waals surface area contributed by atoms with Gasteiger partial charge in [-0.3, -0.25) is 0 Å². The van der Waals surface area contributed by atoms with Crippen LogP contribution in [-0.4, -0.2) is 32.7 Å². The highest BCUT2D eigenvalue weighted by molar-refractivity contribution is 7.99. The summed E-state index contributed by atoms with van der Waals surface area (Å²) in [5.41, 5.74) is 5.17. The molecule has 1 aromatic rings. The minimum absolute atomic E-state index is 0.00594. The van der Waals surface area contributed by atoms with Crippen molar-refractivity contribution in [2.45, 2.75) is 29.9 Å². The second-order valence-corrected chi connectivity index (χ2v) is 4.48. The molecule has 0 radical (unpaired) electrons. The minimum atomic E-state index is -4.27. The lowest BCUT2D eigenvalue weighted by atomic mass is 10.3. The van der Waals surface area contributed by atoms with E-state index in [-0.39, 0.29) is 18.1 Å². The largest absolute Gasteiger partial charge is 0.401 e. The molecule has 0 saturated carbocycles. The maximum atomic E-state index is 12.6. The third kappa shape index (κ3) is 3.11. The van der Waals surface area contributed by atoms with Crippen LogP contribution in [0.1, 0.15) is 12.2 Å². The Bertz CT molecular complexity index is 350. The molecule has 1 rings (SSSR count). The molecule has 8 heteroatoms. The van der Waals surface area contributed by atoms with Gasteiger partial charge in [0.25, 0.3) is 0 Å². The number of rotatable bonds is 4. The highest BCUT2D eigenvalue weighted by atomic mass is 32.2. The molecule has 16 heavy (non-hydrogen) atoms. The summed E-state index contributed by atoms with van der Waals surface area (Å²) >= 11 is 0.652. The average molecular weight is 254 g/mol. The normalized spacial score (nSPS) is 14.1. The summed E-state index contributed by atoms with van der Waals surface area (Å²) in [5, 5.41) is 6.12. The predicted molar refractivity (Wildman–Crippen MR) is 55.1 cm³/mol. The van der Waals surface area contributed by atoms with Gasteiger partial charge in [0.2, 0.25) is 0 Å². The van der Waals surface area contributed by atoms with E-state index >= 15 is 0 Å². The zero-order valence-electron chi connectivity index (χ0n) is 8.95. The van der Waals surface area contributed by atoms with E-state index < -0.39 is 11.4 Å². The summed E-state index contributed by atoms with van der Waals surface area (Å²) < 4.78 is 39.3. The number of aryl methyl sites for hydroxylation is 1. The van der Waals surface area contributed by atoms with Gasteiger partial charge in [-0.05, 0) is 19.9 Å². The number of hydrogen-bond acceptors (Lipinski definition) is 4. The molecule has 0 saturated heterocycles. The molecule has 0 fully saturated rings. The lowest BCUT2D eigenvalue weighted by molar-refractivity contribution is -0.129. The number of nitrogens with zero attached hydrogens (tertiary/aromatic N) is 3. The molecule has 0 aliphatic carbocycles. The second-order valence-electron chi connectivity index (χ2n) is 3.31. The first kappa shape index (κ1) is 13.3. The van der Waals surface area contributed by atoms with E-state index in [2.05, 4.69) is 10.2 Å². The fraction of sp³-hybridized carbons (Fsp3) is 0.750. The third-order valence-corrected chi connectivity index (χ3v) is 3.45. The number of halogens is 3. The van der Waals surface area contributed by atoms with E-state index in [0.29, 0.717) is 17.6 Å². The van der Waals surface area contributed by atoms with Crippen LogP contribution in [-0.2, 0) is 7.05 Å². The monoisotopic (exact) mass is 254 g/mol. The van der Waals surface area contributed by atoms with Crippen molar-refractivity contribution in [3.63, 3.8) is 0 Å². The summed E-state index contributed by atoms with van der Waals surface area (Å²) in [6.07, 6.45) is -4.40. The molecule has 4 nitrogen and oxygen atoms in total. The maximum Gasteiger partial charge on any atom is 0.401 e. The maximum absolute atomic E-state index is 12.6. The number of aromatic nitrogens is 3. The Hall–Kier alpha value is -0.760. The molecule has 0 aromatic carbocycles. The van der Waals surface area contributed by atoms with Gasteiger partial charge in [0.1, 0.15) is 11.1 Å². The van der Waals surface area contributed by atoms with Crippen LogP contribution in [0.25, 0.3) is 0 Å². The number of thioether (sulfide) groups is 1. The van der Waals surface area contributed by atoms with Crippen molar-refractivity contribution in [3.05, 3.63) is 5.82 Å². The first-order chi connectivity index (χ1) is 7.36. The second kappa shape index (κ2) is 5.05. The van der Waals surface area contributed by atoms with Crippen LogP contribution in [0.5, 0.6) is 0 Å². The van der Waals surface area contributed by atoms with Crippen molar-refractivity contribution in [1.29, 1.82) is 0 Å². The topological polar surface area (TPSA) is 56.7 Å². The van der Waals surface area contributed by atoms with E-state index in [0.717, 1.165) is 0 Å². The number of alkyl halides is 3. The van der Waals surface area contributed by atoms with Gasteiger partial charge in [-0.15, -0.1) is 10.2 Å². The van der Waals surface area contributed by atoms with E-state index in [1.54, 1.807) is 14.0 Å². The Balaban J connectivity index is 2.80. The third-order valence-electron chi connectivity index (χ3n) is 2.09. The first-order valence-electron chi connectivity index (χ1n) is 4.65. The Labute approximate surface area is 95.4 Å². The van der Waals surface area contributed by atoms with Gasteiger partial charge >= 0.3 is 6.18 Å². The van der Waals surface area contributed by atoms with Gasteiger partial charge in [-0.1, -0.05) is 11.8 Å². The summed E-state index contributed by atoms with van der Waals surface area (Å²) in [6.45, 7) is 1.68. The van der Waals surface area contributed by atoms with Crippen LogP contribution in [0, 0.1) is 6.92 Å². The summed E-state index contributed by atoms with van der Waals surface area (Å²) in [4.78, 5) is 0. The standard InChI is InChI=1S/C8H13F3N4S/c1-5-13-14-7(15(5)2)16-6(3-4-12)8(9,10)11/h6H,3-4,12H2,1-2H3. The van der Waals surface area contributed by atoms with Crippen molar-refractivity contribution < 1.29 is 13.2 Å². The smallest absolute Gasteiger partial charge is 0.330 e. The van der Waals surface area contributed by atoms with Gasteiger partial charge in [0.15, 0.2) is 5.16 Å². The summed E-state index contributed by atoms with van der Waals surface area (Å²) in [6, 6.07) is 0. The Morgan fingerprint density at radius 1 is 1.44 bits per heavy atom.